The smallest absolute Gasteiger partial charge is 0.308 e. The minimum Gasteiger partial charge on any atom is -0.460 e. The van der Waals surface area contributed by atoms with Crippen molar-refractivity contribution in [2.24, 2.45) is 0 Å². The van der Waals surface area contributed by atoms with Gasteiger partial charge in [0.2, 0.25) is 5.91 Å². The summed E-state index contributed by atoms with van der Waals surface area (Å²) in [6, 6.07) is 9.44. The number of aliphatic hydroxyl groups is 1. The molecule has 0 aliphatic carbocycles. The van der Waals surface area contributed by atoms with E-state index >= 15 is 0 Å². The topological polar surface area (TPSA) is 66.8 Å². The van der Waals surface area contributed by atoms with Crippen LogP contribution in [0.2, 0.25) is 0 Å². The van der Waals surface area contributed by atoms with E-state index in [4.69, 9.17) is 9.84 Å². The molecule has 0 saturated carbocycles. The van der Waals surface area contributed by atoms with Crippen molar-refractivity contribution < 1.29 is 19.4 Å². The fourth-order valence-corrected chi connectivity index (χ4v) is 1.81. The van der Waals surface area contributed by atoms with E-state index in [9.17, 15) is 9.59 Å². The lowest BCUT2D eigenvalue weighted by molar-refractivity contribution is -0.155. The average Bonchev–Trinajstić information content (AvgIpc) is 2.41. The first kappa shape index (κ1) is 17.2. The van der Waals surface area contributed by atoms with Crippen LogP contribution in [-0.4, -0.2) is 40.6 Å². The van der Waals surface area contributed by atoms with Crippen LogP contribution < -0.4 is 0 Å². The van der Waals surface area contributed by atoms with E-state index < -0.39 is 18.1 Å². The predicted molar refractivity (Wildman–Crippen MR) is 79.4 cm³/mol. The molecule has 116 valence electrons. The third-order valence-corrected chi connectivity index (χ3v) is 2.71. The summed E-state index contributed by atoms with van der Waals surface area (Å²) in [5.41, 5.74) is 0.408. The summed E-state index contributed by atoms with van der Waals surface area (Å²) in [6.07, 6.45) is 0.107. The zero-order valence-corrected chi connectivity index (χ0v) is 12.8. The maximum absolute atomic E-state index is 11.7. The van der Waals surface area contributed by atoms with Gasteiger partial charge in [-0.25, -0.2) is 0 Å². The highest BCUT2D eigenvalue weighted by Crippen LogP contribution is 2.10. The first-order valence-corrected chi connectivity index (χ1v) is 6.96. The monoisotopic (exact) mass is 293 g/mol. The molecule has 1 rings (SSSR count). The van der Waals surface area contributed by atoms with Crippen LogP contribution in [0.1, 0.15) is 32.8 Å². The van der Waals surface area contributed by atoms with E-state index in [0.717, 1.165) is 5.56 Å². The molecule has 0 atom stereocenters. The van der Waals surface area contributed by atoms with Crippen LogP contribution in [0, 0.1) is 0 Å². The maximum atomic E-state index is 11.7. The van der Waals surface area contributed by atoms with E-state index in [2.05, 4.69) is 0 Å². The molecule has 0 aliphatic rings. The van der Waals surface area contributed by atoms with Crippen LogP contribution in [-0.2, 0) is 20.9 Å². The molecule has 0 bridgehead atoms. The molecule has 1 N–H and O–H groups in total. The third kappa shape index (κ3) is 6.90. The summed E-state index contributed by atoms with van der Waals surface area (Å²) in [6.45, 7) is 5.41. The molecule has 1 aromatic rings. The first-order chi connectivity index (χ1) is 9.81. The van der Waals surface area contributed by atoms with E-state index in [1.807, 2.05) is 30.3 Å². The number of benzene rings is 1. The van der Waals surface area contributed by atoms with Gasteiger partial charge in [0.25, 0.3) is 0 Å². The number of carbonyl (C=O) groups is 2. The molecule has 5 nitrogen and oxygen atoms in total. The Balaban J connectivity index is 2.59. The summed E-state index contributed by atoms with van der Waals surface area (Å²) in [5.74, 6) is -0.756. The number of hydrogen-bond donors (Lipinski definition) is 1. The van der Waals surface area contributed by atoms with Gasteiger partial charge >= 0.3 is 5.97 Å². The summed E-state index contributed by atoms with van der Waals surface area (Å²) in [4.78, 5) is 24.9. The molecule has 0 aromatic heterocycles. The number of esters is 1. The van der Waals surface area contributed by atoms with Gasteiger partial charge in [0.05, 0.1) is 6.42 Å². The molecule has 0 spiro atoms. The van der Waals surface area contributed by atoms with Crippen molar-refractivity contribution in [3.05, 3.63) is 35.9 Å². The largest absolute Gasteiger partial charge is 0.460 e. The lowest BCUT2D eigenvalue weighted by atomic mass is 10.2. The number of aliphatic hydroxyl groups excluding tert-OH is 1. The molecule has 5 heteroatoms. The molecule has 0 fully saturated rings. The van der Waals surface area contributed by atoms with Gasteiger partial charge in [-0.1, -0.05) is 30.3 Å². The predicted octanol–water partition coefficient (Wildman–Crippen LogP) is 1.74. The minimum absolute atomic E-state index is 0.107. The van der Waals surface area contributed by atoms with E-state index in [1.165, 1.54) is 4.90 Å². The summed E-state index contributed by atoms with van der Waals surface area (Å²) < 4.78 is 5.21. The Hall–Kier alpha value is -1.88. The van der Waals surface area contributed by atoms with Crippen molar-refractivity contribution in [2.45, 2.75) is 39.3 Å². The van der Waals surface area contributed by atoms with Crippen molar-refractivity contribution in [1.29, 1.82) is 0 Å². The van der Waals surface area contributed by atoms with Crippen LogP contribution in [0.5, 0.6) is 0 Å². The highest BCUT2D eigenvalue weighted by Gasteiger charge is 2.19. The second kappa shape index (κ2) is 7.78. The Labute approximate surface area is 125 Å². The first-order valence-electron chi connectivity index (χ1n) is 6.96. The molecule has 0 aliphatic heterocycles. The van der Waals surface area contributed by atoms with Crippen molar-refractivity contribution in [1.82, 2.24) is 4.90 Å². The Morgan fingerprint density at radius 1 is 1.19 bits per heavy atom. The minimum atomic E-state index is -0.568. The molecular weight excluding hydrogens is 270 g/mol. The molecule has 0 saturated heterocycles. The van der Waals surface area contributed by atoms with Gasteiger partial charge in [0.15, 0.2) is 0 Å². The zero-order valence-electron chi connectivity index (χ0n) is 12.8. The highest BCUT2D eigenvalue weighted by atomic mass is 16.6. The fourth-order valence-electron chi connectivity index (χ4n) is 1.81. The lowest BCUT2D eigenvalue weighted by Crippen LogP contribution is -2.35. The number of nitrogens with zero attached hydrogens (tertiary/aromatic N) is 1. The third-order valence-electron chi connectivity index (χ3n) is 2.71. The molecule has 0 unspecified atom stereocenters. The van der Waals surface area contributed by atoms with Gasteiger partial charge in [-0.2, -0.15) is 0 Å². The van der Waals surface area contributed by atoms with Gasteiger partial charge in [-0.05, 0) is 26.3 Å². The van der Waals surface area contributed by atoms with Gasteiger partial charge in [-0.3, -0.25) is 9.59 Å². The fraction of sp³-hybridized carbons (Fsp3) is 0.500. The van der Waals surface area contributed by atoms with E-state index in [-0.39, 0.29) is 18.9 Å². The Morgan fingerprint density at radius 2 is 1.81 bits per heavy atom. The van der Waals surface area contributed by atoms with Crippen LogP contribution in [0.4, 0.5) is 0 Å². The quantitative estimate of drug-likeness (QED) is 0.811. The van der Waals surface area contributed by atoms with Crippen LogP contribution >= 0.6 is 0 Å². The van der Waals surface area contributed by atoms with Crippen LogP contribution in [0.3, 0.4) is 0 Å². The van der Waals surface area contributed by atoms with Gasteiger partial charge < -0.3 is 14.7 Å². The molecule has 1 aromatic carbocycles. The Kier molecular flexibility index (Phi) is 6.37. The van der Waals surface area contributed by atoms with Crippen LogP contribution in [0.25, 0.3) is 0 Å². The number of ether oxygens (including phenoxy) is 1. The standard InChI is InChI=1S/C16H23NO4/c1-16(2,3)21-15(20)9-10-17(14(19)12-18)11-13-7-5-4-6-8-13/h4-8,18H,9-12H2,1-3H3. The molecule has 21 heavy (non-hydrogen) atoms. The summed E-state index contributed by atoms with van der Waals surface area (Å²) in [5, 5.41) is 9.03. The van der Waals surface area contributed by atoms with Gasteiger partial charge in [0.1, 0.15) is 12.2 Å². The van der Waals surface area contributed by atoms with E-state index in [1.54, 1.807) is 20.8 Å². The van der Waals surface area contributed by atoms with Gasteiger partial charge in [-0.15, -0.1) is 0 Å². The van der Waals surface area contributed by atoms with Crippen molar-refractivity contribution >= 4 is 11.9 Å². The van der Waals surface area contributed by atoms with Crippen molar-refractivity contribution in [3.8, 4) is 0 Å². The molecule has 0 heterocycles. The average molecular weight is 293 g/mol. The van der Waals surface area contributed by atoms with Crippen molar-refractivity contribution in [2.75, 3.05) is 13.2 Å². The highest BCUT2D eigenvalue weighted by molar-refractivity contribution is 5.78. The second-order valence-electron chi connectivity index (χ2n) is 5.80. The Morgan fingerprint density at radius 3 is 2.33 bits per heavy atom. The number of carbonyl (C=O) groups excluding carboxylic acids is 2. The van der Waals surface area contributed by atoms with Crippen molar-refractivity contribution in [3.63, 3.8) is 0 Å². The molecular formula is C16H23NO4. The van der Waals surface area contributed by atoms with E-state index in [0.29, 0.717) is 6.54 Å². The molecule has 1 amide bonds. The van der Waals surface area contributed by atoms with Gasteiger partial charge in [0, 0.05) is 13.1 Å². The molecule has 0 radical (unpaired) electrons. The summed E-state index contributed by atoms with van der Waals surface area (Å²) in [7, 11) is 0. The number of amides is 1. The number of rotatable bonds is 6. The second-order valence-corrected chi connectivity index (χ2v) is 5.80. The number of hydrogen-bond acceptors (Lipinski definition) is 4. The zero-order chi connectivity index (χ0) is 15.9. The lowest BCUT2D eigenvalue weighted by Gasteiger charge is -2.23. The van der Waals surface area contributed by atoms with Crippen LogP contribution in [0.15, 0.2) is 30.3 Å². The normalized spacial score (nSPS) is 11.0. The Bertz CT molecular complexity index is 465. The SMILES string of the molecule is CC(C)(C)OC(=O)CCN(Cc1ccccc1)C(=O)CO. The summed E-state index contributed by atoms with van der Waals surface area (Å²) >= 11 is 0. The maximum Gasteiger partial charge on any atom is 0.308 e.